The molecule has 0 aliphatic rings. The van der Waals surface area contributed by atoms with Crippen LogP contribution in [-0.4, -0.2) is 40.5 Å². The molecule has 1 aromatic carbocycles. The molecule has 0 spiro atoms. The molecule has 0 saturated carbocycles. The zero-order valence-corrected chi connectivity index (χ0v) is 13.5. The Morgan fingerprint density at radius 1 is 1.17 bits per heavy atom. The van der Waals surface area contributed by atoms with Crippen molar-refractivity contribution >= 4 is 11.9 Å². The molecule has 3 amide bonds. The van der Waals surface area contributed by atoms with Crippen molar-refractivity contribution in [2.75, 3.05) is 13.7 Å². The summed E-state index contributed by atoms with van der Waals surface area (Å²) in [6.07, 6.45) is 4.17. The average Bonchev–Trinajstić information content (AvgIpc) is 2.62. The first-order chi connectivity index (χ1) is 11.6. The molecule has 2 aromatic rings. The molecule has 0 radical (unpaired) electrons. The maximum atomic E-state index is 12.0. The number of hydrogen-bond acceptors (Lipinski definition) is 5. The van der Waals surface area contributed by atoms with Crippen LogP contribution in [0.2, 0.25) is 0 Å². The fourth-order valence-corrected chi connectivity index (χ4v) is 1.89. The van der Waals surface area contributed by atoms with Crippen molar-refractivity contribution in [3.8, 4) is 5.75 Å². The average molecular weight is 329 g/mol. The number of urea groups is 1. The van der Waals surface area contributed by atoms with E-state index in [9.17, 15) is 9.59 Å². The molecular weight excluding hydrogens is 310 g/mol. The fraction of sp³-hybridized carbons (Fsp3) is 0.250. The predicted octanol–water partition coefficient (Wildman–Crippen LogP) is 1.36. The van der Waals surface area contributed by atoms with Gasteiger partial charge in [0.1, 0.15) is 11.4 Å². The van der Waals surface area contributed by atoms with Gasteiger partial charge in [-0.1, -0.05) is 12.1 Å². The van der Waals surface area contributed by atoms with Gasteiger partial charge < -0.3 is 9.64 Å². The number of amides is 3. The van der Waals surface area contributed by atoms with Crippen LogP contribution in [0, 0.1) is 0 Å². The van der Waals surface area contributed by atoms with Crippen molar-refractivity contribution in [1.29, 1.82) is 0 Å². The van der Waals surface area contributed by atoms with Gasteiger partial charge in [0.15, 0.2) is 0 Å². The van der Waals surface area contributed by atoms with E-state index in [0.717, 1.165) is 11.3 Å². The monoisotopic (exact) mass is 329 g/mol. The standard InChI is InChI=1S/C16H19N5O3/c1-3-24-13-6-4-12(5-7-13)11-21(2)16(23)20-19-15(22)14-10-17-8-9-18-14/h4-10H,3,11H2,1-2H3,(H,19,22)(H,20,23). The predicted molar refractivity (Wildman–Crippen MR) is 87.1 cm³/mol. The van der Waals surface area contributed by atoms with Gasteiger partial charge in [0, 0.05) is 26.0 Å². The molecule has 0 aliphatic heterocycles. The highest BCUT2D eigenvalue weighted by atomic mass is 16.5. The Hall–Kier alpha value is -3.16. The summed E-state index contributed by atoms with van der Waals surface area (Å²) in [6, 6.07) is 7.02. The summed E-state index contributed by atoms with van der Waals surface area (Å²) < 4.78 is 5.37. The highest BCUT2D eigenvalue weighted by Gasteiger charge is 2.12. The van der Waals surface area contributed by atoms with Crippen LogP contribution in [0.15, 0.2) is 42.9 Å². The molecule has 0 atom stereocenters. The van der Waals surface area contributed by atoms with Gasteiger partial charge in [-0.15, -0.1) is 0 Å². The lowest BCUT2D eigenvalue weighted by atomic mass is 10.2. The number of benzene rings is 1. The molecule has 0 saturated heterocycles. The van der Waals surface area contributed by atoms with Gasteiger partial charge in [-0.3, -0.25) is 15.2 Å². The molecule has 0 bridgehead atoms. The Morgan fingerprint density at radius 3 is 2.54 bits per heavy atom. The minimum absolute atomic E-state index is 0.118. The van der Waals surface area contributed by atoms with Gasteiger partial charge in [0.05, 0.1) is 12.8 Å². The van der Waals surface area contributed by atoms with Crippen LogP contribution in [0.5, 0.6) is 5.75 Å². The highest BCUT2D eigenvalue weighted by Crippen LogP contribution is 2.13. The van der Waals surface area contributed by atoms with Crippen LogP contribution in [0.1, 0.15) is 23.0 Å². The Balaban J connectivity index is 1.82. The number of ether oxygens (including phenoxy) is 1. The minimum atomic E-state index is -0.536. The van der Waals surface area contributed by atoms with Crippen molar-refractivity contribution in [2.45, 2.75) is 13.5 Å². The van der Waals surface area contributed by atoms with E-state index in [1.165, 1.54) is 23.5 Å². The molecule has 126 valence electrons. The number of carbonyl (C=O) groups excluding carboxylic acids is 2. The first-order valence-corrected chi connectivity index (χ1v) is 7.39. The topological polar surface area (TPSA) is 96.5 Å². The number of carbonyl (C=O) groups is 2. The van der Waals surface area contributed by atoms with E-state index in [1.54, 1.807) is 7.05 Å². The Kier molecular flexibility index (Phi) is 6.07. The summed E-state index contributed by atoms with van der Waals surface area (Å²) in [5.41, 5.74) is 5.67. The van der Waals surface area contributed by atoms with Crippen LogP contribution in [0.3, 0.4) is 0 Å². The van der Waals surface area contributed by atoms with Crippen LogP contribution in [0.4, 0.5) is 4.79 Å². The molecule has 8 nitrogen and oxygen atoms in total. The molecule has 2 N–H and O–H groups in total. The zero-order valence-electron chi connectivity index (χ0n) is 13.5. The van der Waals surface area contributed by atoms with Crippen molar-refractivity contribution in [2.24, 2.45) is 0 Å². The molecular formula is C16H19N5O3. The summed E-state index contributed by atoms with van der Waals surface area (Å²) in [5.74, 6) is 0.246. The van der Waals surface area contributed by atoms with Gasteiger partial charge in [-0.25, -0.2) is 15.2 Å². The number of hydrogen-bond donors (Lipinski definition) is 2. The van der Waals surface area contributed by atoms with Crippen molar-refractivity contribution < 1.29 is 14.3 Å². The van der Waals surface area contributed by atoms with E-state index >= 15 is 0 Å². The Bertz CT molecular complexity index is 676. The van der Waals surface area contributed by atoms with Gasteiger partial charge >= 0.3 is 6.03 Å². The highest BCUT2D eigenvalue weighted by molar-refractivity contribution is 5.93. The largest absolute Gasteiger partial charge is 0.494 e. The third kappa shape index (κ3) is 4.94. The van der Waals surface area contributed by atoms with E-state index in [0.29, 0.717) is 13.2 Å². The minimum Gasteiger partial charge on any atom is -0.494 e. The number of nitrogens with zero attached hydrogens (tertiary/aromatic N) is 3. The lowest BCUT2D eigenvalue weighted by Crippen LogP contribution is -2.47. The summed E-state index contributed by atoms with van der Waals surface area (Å²) in [5, 5.41) is 0. The van der Waals surface area contributed by atoms with Crippen molar-refractivity contribution in [3.05, 3.63) is 54.1 Å². The summed E-state index contributed by atoms with van der Waals surface area (Å²) in [6.45, 7) is 2.91. The molecule has 2 rings (SSSR count). The van der Waals surface area contributed by atoms with Crippen LogP contribution >= 0.6 is 0 Å². The van der Waals surface area contributed by atoms with Crippen LogP contribution < -0.4 is 15.6 Å². The second-order valence-electron chi connectivity index (χ2n) is 4.91. The number of nitrogens with one attached hydrogen (secondary N) is 2. The number of hydrazine groups is 1. The molecule has 0 fully saturated rings. The molecule has 24 heavy (non-hydrogen) atoms. The maximum Gasteiger partial charge on any atom is 0.336 e. The van der Waals surface area contributed by atoms with Crippen molar-refractivity contribution in [3.63, 3.8) is 0 Å². The van der Waals surface area contributed by atoms with Crippen molar-refractivity contribution in [1.82, 2.24) is 25.7 Å². The molecule has 0 aliphatic carbocycles. The SMILES string of the molecule is CCOc1ccc(CN(C)C(=O)NNC(=O)c2cnccn2)cc1. The number of rotatable bonds is 5. The summed E-state index contributed by atoms with van der Waals surface area (Å²) in [4.78, 5) is 32.8. The lowest BCUT2D eigenvalue weighted by Gasteiger charge is -2.18. The van der Waals surface area contributed by atoms with Crippen LogP contribution in [0.25, 0.3) is 0 Å². The third-order valence-electron chi connectivity index (χ3n) is 3.08. The first-order valence-electron chi connectivity index (χ1n) is 7.39. The Morgan fingerprint density at radius 2 is 1.92 bits per heavy atom. The second kappa shape index (κ2) is 8.47. The summed E-state index contributed by atoms with van der Waals surface area (Å²) >= 11 is 0. The molecule has 8 heteroatoms. The zero-order chi connectivity index (χ0) is 17.4. The van der Waals surface area contributed by atoms with E-state index in [-0.39, 0.29) is 5.69 Å². The first kappa shape index (κ1) is 17.2. The van der Waals surface area contributed by atoms with E-state index in [1.807, 2.05) is 31.2 Å². The van der Waals surface area contributed by atoms with E-state index < -0.39 is 11.9 Å². The lowest BCUT2D eigenvalue weighted by molar-refractivity contribution is 0.0925. The smallest absolute Gasteiger partial charge is 0.336 e. The number of aromatic nitrogens is 2. The fourth-order valence-electron chi connectivity index (χ4n) is 1.89. The van der Waals surface area contributed by atoms with Gasteiger partial charge in [0.25, 0.3) is 5.91 Å². The van der Waals surface area contributed by atoms with E-state index in [4.69, 9.17) is 4.74 Å². The van der Waals surface area contributed by atoms with Crippen LogP contribution in [-0.2, 0) is 6.54 Å². The van der Waals surface area contributed by atoms with Gasteiger partial charge in [-0.2, -0.15) is 0 Å². The Labute approximate surface area is 139 Å². The maximum absolute atomic E-state index is 12.0. The molecule has 1 aromatic heterocycles. The molecule has 0 unspecified atom stereocenters. The normalized spacial score (nSPS) is 9.92. The van der Waals surface area contributed by atoms with Gasteiger partial charge in [-0.05, 0) is 24.6 Å². The summed E-state index contributed by atoms with van der Waals surface area (Å²) in [7, 11) is 1.63. The van der Waals surface area contributed by atoms with E-state index in [2.05, 4.69) is 20.8 Å². The third-order valence-corrected chi connectivity index (χ3v) is 3.08. The quantitative estimate of drug-likeness (QED) is 0.808. The van der Waals surface area contributed by atoms with Gasteiger partial charge in [0.2, 0.25) is 0 Å². The second-order valence-corrected chi connectivity index (χ2v) is 4.91. The molecule has 1 heterocycles.